The maximum atomic E-state index is 6.48. The molecule has 4 nitrogen and oxygen atoms in total. The van der Waals surface area contributed by atoms with Gasteiger partial charge in [-0.05, 0) is 48.1 Å². The Bertz CT molecular complexity index is 486. The van der Waals surface area contributed by atoms with Crippen molar-refractivity contribution in [2.24, 2.45) is 0 Å². The Labute approximate surface area is 188 Å². The van der Waals surface area contributed by atoms with E-state index in [1.54, 1.807) is 0 Å². The van der Waals surface area contributed by atoms with Crippen LogP contribution in [0.3, 0.4) is 0 Å². The van der Waals surface area contributed by atoms with Gasteiger partial charge in [-0.2, -0.15) is 0 Å². The van der Waals surface area contributed by atoms with Crippen molar-refractivity contribution >= 4 is 27.5 Å². The molecule has 0 N–H and O–H groups in total. The molecule has 30 heavy (non-hydrogen) atoms. The molecule has 1 aromatic rings. The van der Waals surface area contributed by atoms with Gasteiger partial charge < -0.3 is 17.7 Å². The van der Waals surface area contributed by atoms with E-state index in [9.17, 15) is 0 Å². The normalized spacial score (nSPS) is 12.5. The number of rotatable bonds is 18. The van der Waals surface area contributed by atoms with Gasteiger partial charge in [0.1, 0.15) is 0 Å². The average Bonchev–Trinajstić information content (AvgIpc) is 2.78. The Morgan fingerprint density at radius 3 is 0.933 bits per heavy atom. The summed E-state index contributed by atoms with van der Waals surface area (Å²) in [5, 5.41) is 2.47. The highest BCUT2D eigenvalue weighted by Crippen LogP contribution is 2.20. The molecule has 0 aliphatic heterocycles. The molecule has 174 valence electrons. The molecule has 0 heterocycles. The molecule has 0 unspecified atom stereocenters. The summed E-state index contributed by atoms with van der Waals surface area (Å²) in [6.45, 7) is 16.1. The van der Waals surface area contributed by atoms with Gasteiger partial charge in [0, 0.05) is 26.4 Å². The molecular formula is C24H46O4Si2. The number of hydrogen-bond donors (Lipinski definition) is 0. The molecular weight excluding hydrogens is 408 g/mol. The van der Waals surface area contributed by atoms with E-state index in [2.05, 4.69) is 65.8 Å². The summed E-state index contributed by atoms with van der Waals surface area (Å²) >= 11 is 0. The van der Waals surface area contributed by atoms with E-state index >= 15 is 0 Å². The zero-order valence-corrected chi connectivity index (χ0v) is 22.4. The first-order chi connectivity index (χ1) is 14.6. The van der Waals surface area contributed by atoms with Crippen LogP contribution in [0, 0.1) is 0 Å². The molecule has 0 atom stereocenters. The Morgan fingerprint density at radius 1 is 0.467 bits per heavy atom. The molecule has 0 saturated heterocycles. The smallest absolute Gasteiger partial charge is 0.372 e. The Kier molecular flexibility index (Phi) is 14.1. The third-order valence-corrected chi connectivity index (χ3v) is 12.5. The van der Waals surface area contributed by atoms with E-state index < -0.39 is 17.1 Å². The van der Waals surface area contributed by atoms with Crippen LogP contribution < -0.4 is 10.4 Å². The summed E-state index contributed by atoms with van der Waals surface area (Å²) in [7, 11) is -4.86. The fourth-order valence-corrected chi connectivity index (χ4v) is 10.5. The molecule has 6 heteroatoms. The zero-order chi connectivity index (χ0) is 22.3. The van der Waals surface area contributed by atoms with E-state index in [1.807, 2.05) is 0 Å². The van der Waals surface area contributed by atoms with Gasteiger partial charge in [0.15, 0.2) is 0 Å². The van der Waals surface area contributed by atoms with Gasteiger partial charge in [0.2, 0.25) is 0 Å². The third kappa shape index (κ3) is 7.88. The summed E-state index contributed by atoms with van der Waals surface area (Å²) in [5.41, 5.74) is 0. The highest BCUT2D eigenvalue weighted by atomic mass is 28.4. The van der Waals surface area contributed by atoms with Crippen molar-refractivity contribution in [3.63, 3.8) is 0 Å². The summed E-state index contributed by atoms with van der Waals surface area (Å²) in [6.07, 6.45) is 6.16. The number of benzene rings is 1. The van der Waals surface area contributed by atoms with E-state index in [1.165, 1.54) is 10.4 Å². The maximum Gasteiger partial charge on any atom is 0.372 e. The minimum Gasteiger partial charge on any atom is -0.391 e. The fraction of sp³-hybridized carbons (Fsp3) is 0.750. The van der Waals surface area contributed by atoms with E-state index in [4.69, 9.17) is 17.7 Å². The Morgan fingerprint density at radius 2 is 0.733 bits per heavy atom. The highest BCUT2D eigenvalue weighted by molar-refractivity contribution is 6.82. The van der Waals surface area contributed by atoms with Gasteiger partial charge in [-0.15, -0.1) is 0 Å². The first kappa shape index (κ1) is 27.5. The maximum absolute atomic E-state index is 6.48. The van der Waals surface area contributed by atoms with Crippen molar-refractivity contribution in [1.82, 2.24) is 0 Å². The van der Waals surface area contributed by atoms with Crippen LogP contribution in [0.5, 0.6) is 0 Å². The SMILES string of the molecule is CCCO[Si](CCC)(OCCC)c1ccc([Si](CCC)(OCCC)OCCC)cc1. The average molecular weight is 455 g/mol. The largest absolute Gasteiger partial charge is 0.391 e. The molecule has 0 spiro atoms. The van der Waals surface area contributed by atoms with Crippen molar-refractivity contribution in [3.05, 3.63) is 24.3 Å². The molecule has 0 aromatic heterocycles. The lowest BCUT2D eigenvalue weighted by molar-refractivity contribution is 0.178. The van der Waals surface area contributed by atoms with E-state index in [0.717, 1.165) is 77.0 Å². The molecule has 0 saturated carbocycles. The minimum atomic E-state index is -2.43. The summed E-state index contributed by atoms with van der Waals surface area (Å²) in [4.78, 5) is 0. The van der Waals surface area contributed by atoms with Crippen molar-refractivity contribution in [3.8, 4) is 0 Å². The predicted molar refractivity (Wildman–Crippen MR) is 132 cm³/mol. The lowest BCUT2D eigenvalue weighted by Crippen LogP contribution is -2.57. The van der Waals surface area contributed by atoms with Gasteiger partial charge in [-0.1, -0.05) is 78.6 Å². The molecule has 1 rings (SSSR count). The van der Waals surface area contributed by atoms with Gasteiger partial charge in [-0.25, -0.2) is 0 Å². The highest BCUT2D eigenvalue weighted by Gasteiger charge is 2.42. The van der Waals surface area contributed by atoms with Crippen LogP contribution in [0.15, 0.2) is 24.3 Å². The molecule has 0 bridgehead atoms. The Hall–Kier alpha value is -0.506. The van der Waals surface area contributed by atoms with Gasteiger partial charge in [-0.3, -0.25) is 0 Å². The minimum absolute atomic E-state index is 0.755. The van der Waals surface area contributed by atoms with E-state index in [0.29, 0.717) is 0 Å². The first-order valence-corrected chi connectivity index (χ1v) is 16.3. The molecule has 1 aromatic carbocycles. The van der Waals surface area contributed by atoms with Crippen LogP contribution in [-0.2, 0) is 17.7 Å². The van der Waals surface area contributed by atoms with Crippen molar-refractivity contribution in [2.75, 3.05) is 26.4 Å². The van der Waals surface area contributed by atoms with Crippen LogP contribution in [0.2, 0.25) is 12.1 Å². The van der Waals surface area contributed by atoms with Crippen molar-refractivity contribution < 1.29 is 17.7 Å². The van der Waals surface area contributed by atoms with Crippen LogP contribution in [0.1, 0.15) is 80.1 Å². The fourth-order valence-electron chi connectivity index (χ4n) is 3.70. The van der Waals surface area contributed by atoms with Crippen LogP contribution in [-0.4, -0.2) is 43.5 Å². The third-order valence-electron chi connectivity index (χ3n) is 5.08. The molecule has 0 aliphatic carbocycles. The first-order valence-electron chi connectivity index (χ1n) is 12.2. The number of hydrogen-bond acceptors (Lipinski definition) is 4. The molecule has 0 fully saturated rings. The van der Waals surface area contributed by atoms with E-state index in [-0.39, 0.29) is 0 Å². The van der Waals surface area contributed by atoms with Crippen molar-refractivity contribution in [1.29, 1.82) is 0 Å². The van der Waals surface area contributed by atoms with Gasteiger partial charge >= 0.3 is 17.1 Å². The van der Waals surface area contributed by atoms with Crippen LogP contribution >= 0.6 is 0 Å². The standard InChI is InChI=1S/C24H46O4Si2/c1-7-17-25-29(21-11-5,26-18-8-2)23-13-15-24(16-14-23)30(22-12-6,27-19-9-3)28-20-10-4/h13-16H,7-12,17-22H2,1-6H3. The Balaban J connectivity index is 3.30. The topological polar surface area (TPSA) is 36.9 Å². The van der Waals surface area contributed by atoms with Gasteiger partial charge in [0.25, 0.3) is 0 Å². The quantitative estimate of drug-likeness (QED) is 0.274. The lowest BCUT2D eigenvalue weighted by atomic mass is 10.4. The summed E-state index contributed by atoms with van der Waals surface area (Å²) < 4.78 is 25.9. The zero-order valence-electron chi connectivity index (χ0n) is 20.4. The second-order valence-corrected chi connectivity index (χ2v) is 14.3. The van der Waals surface area contributed by atoms with Crippen LogP contribution in [0.25, 0.3) is 0 Å². The lowest BCUT2D eigenvalue weighted by Gasteiger charge is -2.33. The van der Waals surface area contributed by atoms with Crippen molar-refractivity contribution in [2.45, 2.75) is 92.2 Å². The molecule has 0 radical (unpaired) electrons. The molecule has 0 aliphatic rings. The monoisotopic (exact) mass is 454 g/mol. The summed E-state index contributed by atoms with van der Waals surface area (Å²) in [6, 6.07) is 10.9. The van der Waals surface area contributed by atoms with Crippen LogP contribution in [0.4, 0.5) is 0 Å². The predicted octanol–water partition coefficient (Wildman–Crippen LogP) is 5.51. The molecule has 0 amide bonds. The second-order valence-electron chi connectivity index (χ2n) is 7.98. The van der Waals surface area contributed by atoms with Gasteiger partial charge in [0.05, 0.1) is 0 Å². The second kappa shape index (κ2) is 15.3. The summed E-state index contributed by atoms with van der Waals surface area (Å²) in [5.74, 6) is 0.